The summed E-state index contributed by atoms with van der Waals surface area (Å²) in [6.07, 6.45) is -3.49. The van der Waals surface area contributed by atoms with E-state index in [9.17, 15) is 27.6 Å². The predicted molar refractivity (Wildman–Crippen MR) is 98.0 cm³/mol. The van der Waals surface area contributed by atoms with Crippen LogP contribution in [0.2, 0.25) is 0 Å². The molecule has 3 aromatic rings. The fraction of sp³-hybridized carbons (Fsp3) is 0.222. The molecule has 0 aliphatic carbocycles. The Bertz CT molecular complexity index is 1190. The zero-order valence-corrected chi connectivity index (χ0v) is 15.4. The molecule has 152 valence electrons. The molecule has 0 spiro atoms. The molecule has 2 N–H and O–H groups in total. The van der Waals surface area contributed by atoms with E-state index in [1.807, 2.05) is 4.98 Å². The SMILES string of the molecule is Cc1cc(C)n(-c2ccc(C(F)(F)F)cc2NC(=O)Cn2ccc(=O)[nH]c2=O)n1. The first-order valence-corrected chi connectivity index (χ1v) is 8.39. The van der Waals surface area contributed by atoms with Crippen molar-refractivity contribution in [2.45, 2.75) is 26.6 Å². The van der Waals surface area contributed by atoms with Crippen LogP contribution in [0.15, 0.2) is 46.1 Å². The molecule has 1 amide bonds. The fourth-order valence-corrected chi connectivity index (χ4v) is 2.78. The molecule has 1 aromatic carbocycles. The summed E-state index contributed by atoms with van der Waals surface area (Å²) in [5.41, 5.74) is -0.945. The second kappa shape index (κ2) is 7.41. The quantitative estimate of drug-likeness (QED) is 0.691. The Kier molecular flexibility index (Phi) is 5.14. The van der Waals surface area contributed by atoms with E-state index >= 15 is 0 Å². The van der Waals surface area contributed by atoms with Gasteiger partial charge in [0.1, 0.15) is 6.54 Å². The summed E-state index contributed by atoms with van der Waals surface area (Å²) in [5.74, 6) is -0.749. The Hall–Kier alpha value is -3.63. The third kappa shape index (κ3) is 4.45. The molecule has 29 heavy (non-hydrogen) atoms. The van der Waals surface area contributed by atoms with Gasteiger partial charge in [-0.2, -0.15) is 18.3 Å². The van der Waals surface area contributed by atoms with E-state index in [4.69, 9.17) is 0 Å². The second-order valence-electron chi connectivity index (χ2n) is 6.35. The molecule has 8 nitrogen and oxygen atoms in total. The number of aromatic nitrogens is 4. The maximum atomic E-state index is 13.1. The maximum Gasteiger partial charge on any atom is 0.416 e. The molecule has 0 saturated heterocycles. The number of aromatic amines is 1. The highest BCUT2D eigenvalue weighted by atomic mass is 19.4. The molecule has 0 atom stereocenters. The number of H-pyrrole nitrogens is 1. The van der Waals surface area contributed by atoms with Gasteiger partial charge in [0.15, 0.2) is 0 Å². The number of rotatable bonds is 4. The maximum absolute atomic E-state index is 13.1. The molecule has 0 aliphatic rings. The van der Waals surface area contributed by atoms with E-state index in [-0.39, 0.29) is 11.4 Å². The number of benzene rings is 1. The number of anilines is 1. The van der Waals surface area contributed by atoms with Crippen LogP contribution < -0.4 is 16.6 Å². The summed E-state index contributed by atoms with van der Waals surface area (Å²) in [6.45, 7) is 2.96. The van der Waals surface area contributed by atoms with Gasteiger partial charge in [-0.05, 0) is 38.1 Å². The van der Waals surface area contributed by atoms with Gasteiger partial charge >= 0.3 is 11.9 Å². The lowest BCUT2D eigenvalue weighted by Gasteiger charge is -2.16. The molecule has 0 radical (unpaired) electrons. The number of hydrogen-bond acceptors (Lipinski definition) is 4. The van der Waals surface area contributed by atoms with Gasteiger partial charge in [0, 0.05) is 18.0 Å². The number of amides is 1. The van der Waals surface area contributed by atoms with Crippen molar-refractivity contribution in [2.75, 3.05) is 5.32 Å². The summed E-state index contributed by atoms with van der Waals surface area (Å²) in [6, 6.07) is 5.71. The second-order valence-corrected chi connectivity index (χ2v) is 6.35. The van der Waals surface area contributed by atoms with Crippen LogP contribution in [-0.2, 0) is 17.5 Å². The molecule has 0 saturated carbocycles. The average Bonchev–Trinajstić information content (AvgIpc) is 2.94. The van der Waals surface area contributed by atoms with Crippen LogP contribution >= 0.6 is 0 Å². The van der Waals surface area contributed by atoms with Crippen molar-refractivity contribution >= 4 is 11.6 Å². The Morgan fingerprint density at radius 3 is 2.48 bits per heavy atom. The van der Waals surface area contributed by atoms with Gasteiger partial charge in [0.05, 0.1) is 22.6 Å². The lowest BCUT2D eigenvalue weighted by Crippen LogP contribution is -2.32. The molecule has 0 fully saturated rings. The van der Waals surface area contributed by atoms with Gasteiger partial charge in [0.25, 0.3) is 5.56 Å². The van der Waals surface area contributed by atoms with Crippen molar-refractivity contribution in [3.63, 3.8) is 0 Å². The minimum Gasteiger partial charge on any atom is -0.323 e. The summed E-state index contributed by atoms with van der Waals surface area (Å²) in [7, 11) is 0. The van der Waals surface area contributed by atoms with Gasteiger partial charge in [-0.3, -0.25) is 19.1 Å². The first-order valence-electron chi connectivity index (χ1n) is 8.39. The highest BCUT2D eigenvalue weighted by Gasteiger charge is 2.31. The number of carbonyl (C=O) groups is 1. The molecule has 0 unspecified atom stereocenters. The largest absolute Gasteiger partial charge is 0.416 e. The third-order valence-electron chi connectivity index (χ3n) is 4.05. The molecule has 2 aromatic heterocycles. The van der Waals surface area contributed by atoms with Crippen LogP contribution in [-0.4, -0.2) is 25.2 Å². The highest BCUT2D eigenvalue weighted by Crippen LogP contribution is 2.33. The van der Waals surface area contributed by atoms with E-state index in [2.05, 4.69) is 10.4 Å². The van der Waals surface area contributed by atoms with Crippen LogP contribution in [0, 0.1) is 13.8 Å². The Morgan fingerprint density at radius 1 is 1.17 bits per heavy atom. The van der Waals surface area contributed by atoms with Crippen molar-refractivity contribution in [2.24, 2.45) is 0 Å². The van der Waals surface area contributed by atoms with Crippen molar-refractivity contribution in [1.29, 1.82) is 0 Å². The number of halogens is 3. The van der Waals surface area contributed by atoms with Gasteiger partial charge in [-0.15, -0.1) is 0 Å². The zero-order chi connectivity index (χ0) is 21.3. The van der Waals surface area contributed by atoms with Crippen molar-refractivity contribution in [3.8, 4) is 5.69 Å². The monoisotopic (exact) mass is 407 g/mol. The van der Waals surface area contributed by atoms with Crippen LogP contribution in [0.3, 0.4) is 0 Å². The van der Waals surface area contributed by atoms with Crippen LogP contribution in [0.5, 0.6) is 0 Å². The molecule has 2 heterocycles. The third-order valence-corrected chi connectivity index (χ3v) is 4.05. The van der Waals surface area contributed by atoms with Crippen LogP contribution in [0.4, 0.5) is 18.9 Å². The number of carbonyl (C=O) groups excluding carboxylic acids is 1. The molecular formula is C18H16F3N5O3. The van der Waals surface area contributed by atoms with Gasteiger partial charge < -0.3 is 5.32 Å². The van der Waals surface area contributed by atoms with Crippen LogP contribution in [0.1, 0.15) is 17.0 Å². The number of aryl methyl sites for hydroxylation is 2. The standard InChI is InChI=1S/C18H16F3N5O3/c1-10-7-11(2)26(24-10)14-4-3-12(18(19,20)21)8-13(14)22-16(28)9-25-6-5-15(27)23-17(25)29/h3-8H,9H2,1-2H3,(H,22,28)(H,23,27,29). The molecule has 0 bridgehead atoms. The van der Waals surface area contributed by atoms with E-state index in [1.54, 1.807) is 19.9 Å². The smallest absolute Gasteiger partial charge is 0.323 e. The zero-order valence-electron chi connectivity index (χ0n) is 15.4. The van der Waals surface area contributed by atoms with E-state index < -0.39 is 35.4 Å². The summed E-state index contributed by atoms with van der Waals surface area (Å²) >= 11 is 0. The normalized spacial score (nSPS) is 11.5. The first-order chi connectivity index (χ1) is 13.5. The lowest BCUT2D eigenvalue weighted by atomic mass is 10.1. The van der Waals surface area contributed by atoms with Crippen molar-refractivity contribution in [3.05, 3.63) is 74.3 Å². The van der Waals surface area contributed by atoms with Crippen LogP contribution in [0.25, 0.3) is 5.69 Å². The predicted octanol–water partition coefficient (Wildman–Crippen LogP) is 2.00. The van der Waals surface area contributed by atoms with Crippen molar-refractivity contribution < 1.29 is 18.0 Å². The summed E-state index contributed by atoms with van der Waals surface area (Å²) in [4.78, 5) is 37.2. The minimum absolute atomic E-state index is 0.117. The Labute approximate surface area is 161 Å². The highest BCUT2D eigenvalue weighted by molar-refractivity contribution is 5.92. The lowest BCUT2D eigenvalue weighted by molar-refractivity contribution is -0.137. The Balaban J connectivity index is 1.99. The molecule has 3 rings (SSSR count). The number of nitrogens with one attached hydrogen (secondary N) is 2. The van der Waals surface area contributed by atoms with Gasteiger partial charge in [0.2, 0.25) is 5.91 Å². The molecule has 0 aliphatic heterocycles. The fourth-order valence-electron chi connectivity index (χ4n) is 2.78. The first kappa shape index (κ1) is 20.1. The van der Waals surface area contributed by atoms with Gasteiger partial charge in [-0.25, -0.2) is 9.48 Å². The number of nitrogens with zero attached hydrogens (tertiary/aromatic N) is 3. The van der Waals surface area contributed by atoms with Gasteiger partial charge in [-0.1, -0.05) is 0 Å². The number of hydrogen-bond donors (Lipinski definition) is 2. The molecular weight excluding hydrogens is 391 g/mol. The van der Waals surface area contributed by atoms with Crippen molar-refractivity contribution in [1.82, 2.24) is 19.3 Å². The molecule has 11 heteroatoms. The van der Waals surface area contributed by atoms with E-state index in [1.165, 1.54) is 10.7 Å². The Morgan fingerprint density at radius 2 is 1.90 bits per heavy atom. The minimum atomic E-state index is -4.61. The van der Waals surface area contributed by atoms with E-state index in [0.29, 0.717) is 11.4 Å². The summed E-state index contributed by atoms with van der Waals surface area (Å²) < 4.78 is 41.8. The topological polar surface area (TPSA) is 102 Å². The summed E-state index contributed by atoms with van der Waals surface area (Å²) in [5, 5.41) is 6.63. The van der Waals surface area contributed by atoms with E-state index in [0.717, 1.165) is 29.0 Å². The average molecular weight is 407 g/mol. The number of alkyl halides is 3.